The summed E-state index contributed by atoms with van der Waals surface area (Å²) >= 11 is 1.42. The quantitative estimate of drug-likeness (QED) is 0.712. The van der Waals surface area contributed by atoms with Crippen LogP contribution in [0.3, 0.4) is 0 Å². The molecule has 1 N–H and O–H groups in total. The maximum absolute atomic E-state index is 12.5. The summed E-state index contributed by atoms with van der Waals surface area (Å²) in [5.41, 5.74) is 1.98. The van der Waals surface area contributed by atoms with Gasteiger partial charge in [-0.05, 0) is 42.5 Å². The highest BCUT2D eigenvalue weighted by Gasteiger charge is 2.23. The highest BCUT2D eigenvalue weighted by atomic mass is 32.2. The normalized spacial score (nSPS) is 15.7. The molecule has 4 rings (SSSR count). The van der Waals surface area contributed by atoms with Crippen molar-refractivity contribution in [1.29, 1.82) is 0 Å². The lowest BCUT2D eigenvalue weighted by Crippen LogP contribution is -2.49. The average molecular weight is 442 g/mol. The molecule has 2 heterocycles. The molecule has 31 heavy (non-hydrogen) atoms. The van der Waals surface area contributed by atoms with Gasteiger partial charge in [0.2, 0.25) is 5.91 Å². The number of fused-ring (bicyclic) bond motifs is 1. The zero-order valence-corrected chi connectivity index (χ0v) is 17.9. The first-order chi connectivity index (χ1) is 15.0. The molecule has 0 aliphatic carbocycles. The Morgan fingerprint density at radius 2 is 1.81 bits per heavy atom. The molecule has 0 atom stereocenters. The summed E-state index contributed by atoms with van der Waals surface area (Å²) in [5.74, 6) is 0.255. The molecule has 0 aromatic heterocycles. The average Bonchev–Trinajstić information content (AvgIpc) is 2.82. The zero-order valence-electron chi connectivity index (χ0n) is 17.1. The lowest BCUT2D eigenvalue weighted by atomic mass is 10.2. The van der Waals surface area contributed by atoms with Gasteiger partial charge in [-0.1, -0.05) is 0 Å². The van der Waals surface area contributed by atoms with E-state index in [1.54, 1.807) is 30.2 Å². The molecule has 0 unspecified atom stereocenters. The SMILES string of the molecule is COc1ccc(N2CCN(C(=O)COC(=O)c3ccc4c(c3)NC(=O)CS4)CC2)cc1. The highest BCUT2D eigenvalue weighted by Crippen LogP contribution is 2.32. The molecule has 1 saturated heterocycles. The number of esters is 1. The van der Waals surface area contributed by atoms with Crippen LogP contribution in [0.2, 0.25) is 0 Å². The Labute approximate surface area is 184 Å². The summed E-state index contributed by atoms with van der Waals surface area (Å²) in [4.78, 5) is 41.2. The van der Waals surface area contributed by atoms with Gasteiger partial charge in [0.1, 0.15) is 5.75 Å². The van der Waals surface area contributed by atoms with Crippen LogP contribution in [-0.4, -0.2) is 68.3 Å². The standard InChI is InChI=1S/C22H23N3O5S/c1-29-17-5-3-16(4-6-17)24-8-10-25(11-9-24)21(27)13-30-22(28)15-2-7-19-18(12-15)23-20(26)14-31-19/h2-7,12H,8-11,13-14H2,1H3,(H,23,26). The molecule has 2 aliphatic rings. The number of anilines is 2. The van der Waals surface area contributed by atoms with Gasteiger partial charge in [0, 0.05) is 36.8 Å². The lowest BCUT2D eigenvalue weighted by Gasteiger charge is -2.36. The van der Waals surface area contributed by atoms with Crippen LogP contribution >= 0.6 is 11.8 Å². The smallest absolute Gasteiger partial charge is 0.338 e. The first-order valence-electron chi connectivity index (χ1n) is 9.94. The maximum atomic E-state index is 12.5. The Kier molecular flexibility index (Phi) is 6.31. The fourth-order valence-electron chi connectivity index (χ4n) is 3.52. The third-order valence-electron chi connectivity index (χ3n) is 5.24. The van der Waals surface area contributed by atoms with Gasteiger partial charge in [-0.25, -0.2) is 4.79 Å². The minimum atomic E-state index is -0.585. The molecule has 162 valence electrons. The van der Waals surface area contributed by atoms with E-state index in [1.807, 2.05) is 24.3 Å². The molecular weight excluding hydrogens is 418 g/mol. The second-order valence-corrected chi connectivity index (χ2v) is 8.21. The first-order valence-corrected chi connectivity index (χ1v) is 10.9. The number of rotatable bonds is 5. The van der Waals surface area contributed by atoms with Crippen molar-refractivity contribution in [1.82, 2.24) is 4.90 Å². The Bertz CT molecular complexity index is 987. The summed E-state index contributed by atoms with van der Waals surface area (Å²) in [6.07, 6.45) is 0. The number of nitrogens with zero attached hydrogens (tertiary/aromatic N) is 2. The third-order valence-corrected chi connectivity index (χ3v) is 6.32. The monoisotopic (exact) mass is 441 g/mol. The van der Waals surface area contributed by atoms with Crippen LogP contribution in [0.25, 0.3) is 0 Å². The van der Waals surface area contributed by atoms with Crippen molar-refractivity contribution >= 4 is 40.9 Å². The third kappa shape index (κ3) is 4.93. The fourth-order valence-corrected chi connectivity index (χ4v) is 4.31. The Morgan fingerprint density at radius 1 is 1.06 bits per heavy atom. The molecule has 2 aliphatic heterocycles. The van der Waals surface area contributed by atoms with E-state index in [2.05, 4.69) is 10.2 Å². The second kappa shape index (κ2) is 9.30. The summed E-state index contributed by atoms with van der Waals surface area (Å²) < 4.78 is 10.4. The zero-order chi connectivity index (χ0) is 21.8. The van der Waals surface area contributed by atoms with Crippen LogP contribution in [0.15, 0.2) is 47.4 Å². The van der Waals surface area contributed by atoms with E-state index >= 15 is 0 Å². The number of piperazine rings is 1. The van der Waals surface area contributed by atoms with Crippen LogP contribution in [-0.2, 0) is 14.3 Å². The predicted octanol–water partition coefficient (Wildman–Crippen LogP) is 2.25. The van der Waals surface area contributed by atoms with Gasteiger partial charge < -0.3 is 24.6 Å². The Balaban J connectivity index is 1.27. The molecular formula is C22H23N3O5S. The van der Waals surface area contributed by atoms with Crippen LogP contribution < -0.4 is 15.0 Å². The molecule has 1 fully saturated rings. The van der Waals surface area contributed by atoms with Gasteiger partial charge in [-0.3, -0.25) is 9.59 Å². The Morgan fingerprint density at radius 3 is 2.52 bits per heavy atom. The molecule has 2 amide bonds. The van der Waals surface area contributed by atoms with Crippen LogP contribution in [0, 0.1) is 0 Å². The molecule has 0 radical (unpaired) electrons. The van der Waals surface area contributed by atoms with Gasteiger partial charge in [0.05, 0.1) is 24.1 Å². The Hall–Kier alpha value is -3.20. The molecule has 2 aromatic carbocycles. The number of thioether (sulfide) groups is 1. The maximum Gasteiger partial charge on any atom is 0.338 e. The summed E-state index contributed by atoms with van der Waals surface area (Å²) in [7, 11) is 1.63. The van der Waals surface area contributed by atoms with Crippen molar-refractivity contribution < 1.29 is 23.9 Å². The molecule has 8 nitrogen and oxygen atoms in total. The largest absolute Gasteiger partial charge is 0.497 e. The van der Waals surface area contributed by atoms with E-state index in [1.165, 1.54) is 11.8 Å². The van der Waals surface area contributed by atoms with E-state index in [9.17, 15) is 14.4 Å². The minimum Gasteiger partial charge on any atom is -0.497 e. The minimum absolute atomic E-state index is 0.105. The number of amides is 2. The lowest BCUT2D eigenvalue weighted by molar-refractivity contribution is -0.134. The number of carbonyl (C=O) groups excluding carboxylic acids is 3. The first kappa shape index (κ1) is 21.0. The number of ether oxygens (including phenoxy) is 2. The fraction of sp³-hybridized carbons (Fsp3) is 0.318. The summed E-state index contributed by atoms with van der Waals surface area (Å²) in [6, 6.07) is 12.8. The van der Waals surface area contributed by atoms with Crippen LogP contribution in [0.1, 0.15) is 10.4 Å². The number of methoxy groups -OCH3 is 1. The van der Waals surface area contributed by atoms with Gasteiger partial charge in [0.25, 0.3) is 5.91 Å². The van der Waals surface area contributed by atoms with Crippen molar-refractivity contribution in [3.05, 3.63) is 48.0 Å². The number of carbonyl (C=O) groups is 3. The molecule has 0 bridgehead atoms. The number of nitrogens with one attached hydrogen (secondary N) is 1. The molecule has 0 spiro atoms. The number of benzene rings is 2. The number of hydrogen-bond donors (Lipinski definition) is 1. The number of hydrogen-bond acceptors (Lipinski definition) is 7. The van der Waals surface area contributed by atoms with E-state index in [4.69, 9.17) is 9.47 Å². The van der Waals surface area contributed by atoms with E-state index in [0.29, 0.717) is 43.2 Å². The summed E-state index contributed by atoms with van der Waals surface area (Å²) in [6.45, 7) is 2.22. The van der Waals surface area contributed by atoms with E-state index in [-0.39, 0.29) is 18.4 Å². The van der Waals surface area contributed by atoms with Gasteiger partial charge in [-0.2, -0.15) is 0 Å². The van der Waals surface area contributed by atoms with Gasteiger partial charge >= 0.3 is 5.97 Å². The predicted molar refractivity (Wildman–Crippen MR) is 118 cm³/mol. The van der Waals surface area contributed by atoms with Crippen molar-refractivity contribution in [3.63, 3.8) is 0 Å². The van der Waals surface area contributed by atoms with Crippen molar-refractivity contribution in [2.45, 2.75) is 4.90 Å². The van der Waals surface area contributed by atoms with Crippen molar-refractivity contribution in [2.24, 2.45) is 0 Å². The topological polar surface area (TPSA) is 88.2 Å². The van der Waals surface area contributed by atoms with Gasteiger partial charge in [0.15, 0.2) is 6.61 Å². The van der Waals surface area contributed by atoms with Crippen molar-refractivity contribution in [2.75, 3.05) is 55.9 Å². The molecule has 2 aromatic rings. The van der Waals surface area contributed by atoms with Crippen LogP contribution in [0.4, 0.5) is 11.4 Å². The van der Waals surface area contributed by atoms with E-state index in [0.717, 1.165) is 16.3 Å². The summed E-state index contributed by atoms with van der Waals surface area (Å²) in [5, 5.41) is 2.74. The van der Waals surface area contributed by atoms with Gasteiger partial charge in [-0.15, -0.1) is 11.8 Å². The molecule has 0 saturated carbocycles. The van der Waals surface area contributed by atoms with Crippen molar-refractivity contribution in [3.8, 4) is 5.75 Å². The highest BCUT2D eigenvalue weighted by molar-refractivity contribution is 8.00. The molecule has 9 heteroatoms. The van der Waals surface area contributed by atoms with Crippen LogP contribution in [0.5, 0.6) is 5.75 Å². The second-order valence-electron chi connectivity index (χ2n) is 7.19. The van der Waals surface area contributed by atoms with E-state index < -0.39 is 5.97 Å².